The van der Waals surface area contributed by atoms with Gasteiger partial charge in [-0.15, -0.1) is 23.2 Å². The summed E-state index contributed by atoms with van der Waals surface area (Å²) in [7, 11) is -0.583. The van der Waals surface area contributed by atoms with Gasteiger partial charge in [0, 0.05) is 0 Å². The molecule has 0 atom stereocenters. The monoisotopic (exact) mass is 774 g/mol. The van der Waals surface area contributed by atoms with Crippen LogP contribution in [0.1, 0.15) is 77.6 Å². The molecule has 0 fully saturated rings. The number of halogens is 2. The van der Waals surface area contributed by atoms with Crippen LogP contribution in [0, 0.1) is 0 Å². The van der Waals surface area contributed by atoms with Crippen molar-refractivity contribution >= 4 is 98.9 Å². The maximum absolute atomic E-state index is 4.76. The van der Waals surface area contributed by atoms with Crippen molar-refractivity contribution in [2.45, 2.75) is 104 Å². The van der Waals surface area contributed by atoms with E-state index >= 15 is 0 Å². The van der Waals surface area contributed by atoms with Crippen LogP contribution in [0.4, 0.5) is 0 Å². The predicted octanol–water partition coefficient (Wildman–Crippen LogP) is 9.98. The Balaban J connectivity index is 0.00000129. The number of hydrogen-bond donors (Lipinski definition) is 0. The zero-order valence-corrected chi connectivity index (χ0v) is 35.1. The molecule has 0 amide bonds. The van der Waals surface area contributed by atoms with Gasteiger partial charge in [0.1, 0.15) is 0 Å². The maximum atomic E-state index is 4.76. The third kappa shape index (κ3) is 6.69. The number of rotatable bonds is 9. The summed E-state index contributed by atoms with van der Waals surface area (Å²) >= 11 is 7.55. The Morgan fingerprint density at radius 1 is 0.479 bits per heavy atom. The Morgan fingerprint density at radius 3 is 1.15 bits per heavy atom. The van der Waals surface area contributed by atoms with Crippen molar-refractivity contribution < 1.29 is 0 Å². The van der Waals surface area contributed by atoms with Crippen LogP contribution in [0.2, 0.25) is 0 Å². The quantitative estimate of drug-likeness (QED) is 0.0795. The van der Waals surface area contributed by atoms with Crippen molar-refractivity contribution in [1.82, 2.24) is 0 Å². The first-order valence-electron chi connectivity index (χ1n) is 17.8. The van der Waals surface area contributed by atoms with E-state index in [0.29, 0.717) is 22.6 Å². The molecule has 7 rings (SSSR count). The van der Waals surface area contributed by atoms with Crippen LogP contribution in [0.3, 0.4) is 0 Å². The molecule has 48 heavy (non-hydrogen) atoms. The van der Waals surface area contributed by atoms with Crippen LogP contribution >= 0.6 is 39.0 Å². The van der Waals surface area contributed by atoms with E-state index in [1.807, 2.05) is 0 Å². The molecule has 0 nitrogen and oxygen atoms in total. The topological polar surface area (TPSA) is 0 Å². The van der Waals surface area contributed by atoms with Gasteiger partial charge in [0.25, 0.3) is 0 Å². The van der Waals surface area contributed by atoms with Crippen LogP contribution in [0.25, 0.3) is 21.5 Å². The number of hydrogen-bond acceptors (Lipinski definition) is 0. The van der Waals surface area contributed by atoms with E-state index in [1.54, 1.807) is 67.5 Å². The molecule has 0 saturated heterocycles. The van der Waals surface area contributed by atoms with Gasteiger partial charge in [-0.05, 0) is 0 Å². The molecular weight excluding hydrogens is 724 g/mol. The first-order valence-corrected chi connectivity index (χ1v) is 24.6. The summed E-state index contributed by atoms with van der Waals surface area (Å²) in [6, 6.07) is 32.2. The largest absolute Gasteiger partial charge is 0.109 e. The number of alkyl halides is 2. The summed E-state index contributed by atoms with van der Waals surface area (Å²) in [4.78, 5) is 0. The van der Waals surface area contributed by atoms with Gasteiger partial charge in [-0.3, -0.25) is 0 Å². The predicted molar refractivity (Wildman–Crippen MR) is 224 cm³/mol. The van der Waals surface area contributed by atoms with Gasteiger partial charge < -0.3 is 0 Å². The molecule has 5 heteroatoms. The molecule has 2 aliphatic carbocycles. The molecule has 0 spiro atoms. The third-order valence-electron chi connectivity index (χ3n) is 10.2. The standard InChI is InChI=1S/C42H49AsP2.CH2Cl2/c1-26(2)44(27(3)4)37-24-20-32-16-14-30-18-22-35(41(37)39(30)32)43(34-12-10-9-11-13-34)36-23-19-31-15-17-33-21-25-38(42(36)40(31)33)45(28(5)6)29(7)8;2-1-3/h9-13,18-29H,14-17H2,1-8H3;1H2. The molecule has 0 bridgehead atoms. The number of benzene rings is 5. The Hall–Kier alpha value is -1.38. The van der Waals surface area contributed by atoms with Crippen molar-refractivity contribution in [3.63, 3.8) is 0 Å². The maximum Gasteiger partial charge on any atom is 0.0967 e. The molecule has 2 aliphatic rings. The Morgan fingerprint density at radius 2 is 0.812 bits per heavy atom. The molecule has 5 aromatic rings. The zero-order valence-electron chi connectivity index (χ0n) is 29.9. The summed E-state index contributed by atoms with van der Waals surface area (Å²) in [5.74, 6) is 0. The first-order chi connectivity index (χ1) is 23.1. The fourth-order valence-corrected chi connectivity index (χ4v) is 20.7. The normalized spacial score (nSPS) is 13.9. The molecule has 0 unspecified atom stereocenters. The minimum atomic E-state index is -1.98. The van der Waals surface area contributed by atoms with Gasteiger partial charge in [0.15, 0.2) is 0 Å². The SMILES string of the molecule is CC(C)P(c1ccc2c3c(ccc([As](c4ccccc4)c4ccc5c6c(ccc(P(C(C)C)C(C)C)c46)CC5)c13)CC2)C(C)C.ClCCl. The van der Waals surface area contributed by atoms with E-state index in [4.69, 9.17) is 23.2 Å². The first kappa shape index (κ1) is 36.4. The number of aryl methyl sites for hydroxylation is 4. The van der Waals surface area contributed by atoms with Gasteiger partial charge in [-0.25, -0.2) is 0 Å². The molecule has 252 valence electrons. The zero-order chi connectivity index (χ0) is 34.3. The minimum absolute atomic E-state index is 0.194. The average Bonchev–Trinajstić information content (AvgIpc) is 3.67. The Kier molecular flexibility index (Phi) is 11.7. The molecule has 0 radical (unpaired) electrons. The second-order valence-corrected chi connectivity index (χ2v) is 26.5. The van der Waals surface area contributed by atoms with Gasteiger partial charge >= 0.3 is 281 Å². The van der Waals surface area contributed by atoms with Gasteiger partial charge in [0.05, 0.1) is 5.34 Å². The molecule has 0 aliphatic heterocycles. The van der Waals surface area contributed by atoms with Gasteiger partial charge in [-0.1, -0.05) is 0 Å². The third-order valence-corrected chi connectivity index (χ3v) is 21.8. The van der Waals surface area contributed by atoms with Crippen molar-refractivity contribution in [3.05, 3.63) is 101 Å². The van der Waals surface area contributed by atoms with Gasteiger partial charge in [-0.2, -0.15) is 0 Å². The summed E-state index contributed by atoms with van der Waals surface area (Å²) in [6.45, 7) is 19.8. The summed E-state index contributed by atoms with van der Waals surface area (Å²) in [6.07, 6.45) is 4.75. The Bertz CT molecular complexity index is 1760. The molecule has 0 heterocycles. The summed E-state index contributed by atoms with van der Waals surface area (Å²) in [5.41, 5.74) is 8.97. The van der Waals surface area contributed by atoms with E-state index in [1.165, 1.54) is 25.7 Å². The molecule has 0 saturated carbocycles. The molecule has 0 aromatic heterocycles. The van der Waals surface area contributed by atoms with E-state index in [0.717, 1.165) is 0 Å². The van der Waals surface area contributed by atoms with Crippen molar-refractivity contribution in [2.75, 3.05) is 5.34 Å². The van der Waals surface area contributed by atoms with Gasteiger partial charge in [0.2, 0.25) is 0 Å². The van der Waals surface area contributed by atoms with Crippen LogP contribution in [-0.2, 0) is 25.7 Å². The Labute approximate surface area is 307 Å². The van der Waals surface area contributed by atoms with E-state index in [-0.39, 0.29) is 21.2 Å². The smallest absolute Gasteiger partial charge is 0.0967 e. The summed E-state index contributed by atoms with van der Waals surface area (Å²) in [5, 5.41) is 10.1. The van der Waals surface area contributed by atoms with Crippen LogP contribution < -0.4 is 23.7 Å². The summed E-state index contributed by atoms with van der Waals surface area (Å²) < 4.78 is 4.90. The van der Waals surface area contributed by atoms with Crippen molar-refractivity contribution in [3.8, 4) is 0 Å². The average molecular weight is 776 g/mol. The van der Waals surface area contributed by atoms with Crippen LogP contribution in [0.15, 0.2) is 78.9 Å². The minimum Gasteiger partial charge on any atom is -0.109 e. The van der Waals surface area contributed by atoms with Crippen LogP contribution in [-0.4, -0.2) is 42.6 Å². The van der Waals surface area contributed by atoms with E-state index < -0.39 is 14.7 Å². The van der Waals surface area contributed by atoms with E-state index in [9.17, 15) is 0 Å². The fourth-order valence-electron chi connectivity index (χ4n) is 8.68. The molecular formula is C43H51AsCl2P2. The van der Waals surface area contributed by atoms with Crippen molar-refractivity contribution in [2.24, 2.45) is 0 Å². The second-order valence-electron chi connectivity index (χ2n) is 14.4. The molecule has 0 N–H and O–H groups in total. The van der Waals surface area contributed by atoms with E-state index in [2.05, 4.69) is 134 Å². The van der Waals surface area contributed by atoms with Crippen molar-refractivity contribution in [1.29, 1.82) is 0 Å². The van der Waals surface area contributed by atoms with Crippen LogP contribution in [0.5, 0.6) is 0 Å². The second kappa shape index (κ2) is 15.5. The molecule has 5 aromatic carbocycles. The fraction of sp³-hybridized carbons (Fsp3) is 0.395.